The van der Waals surface area contributed by atoms with E-state index in [0.717, 1.165) is 36.2 Å². The van der Waals surface area contributed by atoms with E-state index in [4.69, 9.17) is 0 Å². The first kappa shape index (κ1) is 18.9. The van der Waals surface area contributed by atoms with Crippen LogP contribution in [0.25, 0.3) is 0 Å². The third kappa shape index (κ3) is 4.83. The highest BCUT2D eigenvalue weighted by Gasteiger charge is 2.21. The topological polar surface area (TPSA) is 35.6 Å². The summed E-state index contributed by atoms with van der Waals surface area (Å²) in [6, 6.07) is 14.8. The average molecular weight is 420 g/mol. The molecule has 0 aromatic heterocycles. The molecular formula is C20H23BrFN3O. The van der Waals surface area contributed by atoms with Crippen LogP contribution in [0, 0.1) is 5.82 Å². The van der Waals surface area contributed by atoms with Gasteiger partial charge in [0.15, 0.2) is 0 Å². The fourth-order valence-electron chi connectivity index (χ4n) is 3.18. The highest BCUT2D eigenvalue weighted by atomic mass is 79.9. The fraction of sp³-hybridized carbons (Fsp3) is 0.350. The van der Waals surface area contributed by atoms with E-state index >= 15 is 0 Å². The Kier molecular flexibility index (Phi) is 6.27. The van der Waals surface area contributed by atoms with Crippen molar-refractivity contribution in [1.82, 2.24) is 10.2 Å². The fourth-order valence-corrected chi connectivity index (χ4v) is 3.44. The predicted molar refractivity (Wildman–Crippen MR) is 106 cm³/mol. The van der Waals surface area contributed by atoms with E-state index in [1.54, 1.807) is 12.1 Å². The molecule has 4 nitrogen and oxygen atoms in total. The maximum absolute atomic E-state index is 13.9. The minimum Gasteiger partial charge on any atom is -0.367 e. The summed E-state index contributed by atoms with van der Waals surface area (Å²) in [7, 11) is 0. The van der Waals surface area contributed by atoms with Crippen molar-refractivity contribution in [2.75, 3.05) is 37.6 Å². The van der Waals surface area contributed by atoms with Gasteiger partial charge in [0, 0.05) is 30.7 Å². The lowest BCUT2D eigenvalue weighted by molar-refractivity contribution is -0.123. The largest absolute Gasteiger partial charge is 0.367 e. The predicted octanol–water partition coefficient (Wildman–Crippen LogP) is 3.59. The molecule has 0 aliphatic carbocycles. The van der Waals surface area contributed by atoms with Crippen LogP contribution in [-0.4, -0.2) is 43.5 Å². The number of rotatable bonds is 5. The number of carbonyl (C=O) groups is 1. The van der Waals surface area contributed by atoms with E-state index in [0.29, 0.717) is 12.2 Å². The summed E-state index contributed by atoms with van der Waals surface area (Å²) in [5.41, 5.74) is 1.71. The first-order valence-corrected chi connectivity index (χ1v) is 9.59. The van der Waals surface area contributed by atoms with E-state index in [2.05, 4.69) is 26.1 Å². The molecule has 0 bridgehead atoms. The molecule has 3 rings (SSSR count). The van der Waals surface area contributed by atoms with E-state index in [1.807, 2.05) is 42.2 Å². The smallest absolute Gasteiger partial charge is 0.234 e. The summed E-state index contributed by atoms with van der Waals surface area (Å²) in [6.07, 6.45) is 0. The summed E-state index contributed by atoms with van der Waals surface area (Å²) in [5, 5.41) is 3.05. The molecule has 1 heterocycles. The molecule has 0 spiro atoms. The standard InChI is InChI=1S/C20H23BrFN3O/c1-15(16-6-8-17(21)9-7-16)23-20(26)14-24-10-12-25(13-11-24)19-5-3-2-4-18(19)22/h2-9,15H,10-14H2,1H3,(H,23,26). The number of nitrogens with zero attached hydrogens (tertiary/aromatic N) is 2. The number of hydrogen-bond donors (Lipinski definition) is 1. The molecule has 1 unspecified atom stereocenters. The lowest BCUT2D eigenvalue weighted by atomic mass is 10.1. The number of hydrogen-bond acceptors (Lipinski definition) is 3. The molecule has 1 aliphatic rings. The van der Waals surface area contributed by atoms with Crippen molar-refractivity contribution < 1.29 is 9.18 Å². The third-order valence-corrected chi connectivity index (χ3v) is 5.21. The van der Waals surface area contributed by atoms with Crippen LogP contribution in [0.15, 0.2) is 53.0 Å². The van der Waals surface area contributed by atoms with Crippen LogP contribution in [0.3, 0.4) is 0 Å². The van der Waals surface area contributed by atoms with Gasteiger partial charge in [-0.25, -0.2) is 4.39 Å². The monoisotopic (exact) mass is 419 g/mol. The minimum absolute atomic E-state index is 0.0137. The molecule has 1 atom stereocenters. The first-order chi connectivity index (χ1) is 12.5. The molecule has 6 heteroatoms. The zero-order valence-corrected chi connectivity index (χ0v) is 16.4. The van der Waals surface area contributed by atoms with Crippen molar-refractivity contribution in [2.45, 2.75) is 13.0 Å². The Bertz CT molecular complexity index is 745. The highest BCUT2D eigenvalue weighted by molar-refractivity contribution is 9.10. The normalized spacial score (nSPS) is 16.3. The quantitative estimate of drug-likeness (QED) is 0.803. The van der Waals surface area contributed by atoms with Gasteiger partial charge in [0.1, 0.15) is 5.82 Å². The van der Waals surface area contributed by atoms with Gasteiger partial charge in [-0.05, 0) is 36.8 Å². The van der Waals surface area contributed by atoms with Gasteiger partial charge in [0.2, 0.25) is 5.91 Å². The van der Waals surface area contributed by atoms with Gasteiger partial charge < -0.3 is 10.2 Å². The van der Waals surface area contributed by atoms with E-state index in [-0.39, 0.29) is 17.8 Å². The number of halogens is 2. The molecule has 1 aliphatic heterocycles. The van der Waals surface area contributed by atoms with Crippen LogP contribution < -0.4 is 10.2 Å². The highest BCUT2D eigenvalue weighted by Crippen LogP contribution is 2.20. The average Bonchev–Trinajstić information content (AvgIpc) is 2.63. The van der Waals surface area contributed by atoms with Crippen LogP contribution in [0.5, 0.6) is 0 Å². The zero-order chi connectivity index (χ0) is 18.5. The van der Waals surface area contributed by atoms with E-state index in [9.17, 15) is 9.18 Å². The number of piperazine rings is 1. The lowest BCUT2D eigenvalue weighted by Crippen LogP contribution is -2.49. The molecule has 138 valence electrons. The molecule has 26 heavy (non-hydrogen) atoms. The molecule has 0 saturated carbocycles. The maximum atomic E-state index is 13.9. The second-order valence-corrected chi connectivity index (χ2v) is 7.47. The van der Waals surface area contributed by atoms with Gasteiger partial charge in [0.25, 0.3) is 0 Å². The van der Waals surface area contributed by atoms with Gasteiger partial charge in [-0.2, -0.15) is 0 Å². The Morgan fingerprint density at radius 3 is 2.42 bits per heavy atom. The van der Waals surface area contributed by atoms with Crippen molar-refractivity contribution in [1.29, 1.82) is 0 Å². The number of carbonyl (C=O) groups excluding carboxylic acids is 1. The second kappa shape index (κ2) is 8.64. The summed E-state index contributed by atoms with van der Waals surface area (Å²) >= 11 is 3.42. The molecule has 2 aromatic rings. The minimum atomic E-state index is -0.193. The van der Waals surface area contributed by atoms with Crippen LogP contribution in [0.1, 0.15) is 18.5 Å². The number of anilines is 1. The summed E-state index contributed by atoms with van der Waals surface area (Å²) < 4.78 is 14.9. The van der Waals surface area contributed by atoms with Crippen molar-refractivity contribution in [3.8, 4) is 0 Å². The molecule has 1 saturated heterocycles. The lowest BCUT2D eigenvalue weighted by Gasteiger charge is -2.36. The Morgan fingerprint density at radius 1 is 1.12 bits per heavy atom. The Labute approximate surface area is 162 Å². The molecule has 0 radical (unpaired) electrons. The Balaban J connectivity index is 1.47. The second-order valence-electron chi connectivity index (χ2n) is 6.56. The van der Waals surface area contributed by atoms with E-state index in [1.165, 1.54) is 6.07 Å². The maximum Gasteiger partial charge on any atom is 0.234 e. The SMILES string of the molecule is CC(NC(=O)CN1CCN(c2ccccc2F)CC1)c1ccc(Br)cc1. The number of amides is 1. The van der Waals surface area contributed by atoms with Crippen LogP contribution >= 0.6 is 15.9 Å². The molecule has 1 N–H and O–H groups in total. The van der Waals surface area contributed by atoms with E-state index < -0.39 is 0 Å². The molecule has 1 amide bonds. The number of para-hydroxylation sites is 1. The van der Waals surface area contributed by atoms with Gasteiger partial charge in [-0.1, -0.05) is 40.2 Å². The molecular weight excluding hydrogens is 397 g/mol. The Morgan fingerprint density at radius 2 is 1.77 bits per heavy atom. The van der Waals surface area contributed by atoms with Crippen molar-refractivity contribution in [3.05, 3.63) is 64.4 Å². The summed E-state index contributed by atoms with van der Waals surface area (Å²) in [6.45, 7) is 5.28. The van der Waals surface area contributed by atoms with Crippen molar-refractivity contribution in [2.24, 2.45) is 0 Å². The summed E-state index contributed by atoms with van der Waals surface area (Å²) in [5.74, 6) is -0.179. The third-order valence-electron chi connectivity index (χ3n) is 4.68. The first-order valence-electron chi connectivity index (χ1n) is 8.79. The molecule has 1 fully saturated rings. The summed E-state index contributed by atoms with van der Waals surface area (Å²) in [4.78, 5) is 16.5. The van der Waals surface area contributed by atoms with Crippen molar-refractivity contribution in [3.63, 3.8) is 0 Å². The van der Waals surface area contributed by atoms with Crippen LogP contribution in [-0.2, 0) is 4.79 Å². The number of benzene rings is 2. The van der Waals surface area contributed by atoms with Gasteiger partial charge in [-0.15, -0.1) is 0 Å². The zero-order valence-electron chi connectivity index (χ0n) is 14.8. The number of nitrogens with one attached hydrogen (secondary N) is 1. The van der Waals surface area contributed by atoms with Gasteiger partial charge in [0.05, 0.1) is 18.3 Å². The van der Waals surface area contributed by atoms with Gasteiger partial charge >= 0.3 is 0 Å². The van der Waals surface area contributed by atoms with Crippen molar-refractivity contribution >= 4 is 27.5 Å². The van der Waals surface area contributed by atoms with Crippen LogP contribution in [0.4, 0.5) is 10.1 Å². The molecule has 2 aromatic carbocycles. The Hall–Kier alpha value is -1.92. The van der Waals surface area contributed by atoms with Crippen LogP contribution in [0.2, 0.25) is 0 Å². The van der Waals surface area contributed by atoms with Gasteiger partial charge in [-0.3, -0.25) is 9.69 Å².